The monoisotopic (exact) mass is 381 g/mol. The van der Waals surface area contributed by atoms with Gasteiger partial charge in [-0.15, -0.1) is 0 Å². The third-order valence-corrected chi connectivity index (χ3v) is 6.47. The Balaban J connectivity index is 1.78. The topological polar surface area (TPSA) is 30.9 Å². The number of hydrogen-bond donors (Lipinski definition) is 0. The van der Waals surface area contributed by atoms with Crippen LogP contribution < -0.4 is 14.2 Å². The molecule has 2 aliphatic heterocycles. The zero-order valence-electron chi connectivity index (χ0n) is 17.7. The second kappa shape index (κ2) is 7.67. The second-order valence-corrected chi connectivity index (χ2v) is 7.90. The number of rotatable bonds is 5. The summed E-state index contributed by atoms with van der Waals surface area (Å²) in [5.74, 6) is 2.66. The van der Waals surface area contributed by atoms with E-state index < -0.39 is 0 Å². The Hall–Kier alpha value is -2.20. The van der Waals surface area contributed by atoms with Gasteiger partial charge in [-0.3, -0.25) is 4.90 Å². The molecule has 28 heavy (non-hydrogen) atoms. The van der Waals surface area contributed by atoms with Crippen LogP contribution in [0.3, 0.4) is 0 Å². The first-order valence-corrected chi connectivity index (χ1v) is 10.3. The van der Waals surface area contributed by atoms with Gasteiger partial charge in [0.05, 0.1) is 21.3 Å². The van der Waals surface area contributed by atoms with Crippen molar-refractivity contribution in [3.05, 3.63) is 52.1 Å². The predicted octanol–water partition coefficient (Wildman–Crippen LogP) is 4.88. The van der Waals surface area contributed by atoms with Crippen molar-refractivity contribution in [3.63, 3.8) is 0 Å². The van der Waals surface area contributed by atoms with E-state index in [0.717, 1.165) is 49.5 Å². The highest BCUT2D eigenvalue weighted by Crippen LogP contribution is 2.47. The average Bonchev–Trinajstić information content (AvgIpc) is 2.72. The lowest BCUT2D eigenvalue weighted by atomic mass is 9.80. The summed E-state index contributed by atoms with van der Waals surface area (Å²) in [6.45, 7) is 5.62. The van der Waals surface area contributed by atoms with E-state index in [0.29, 0.717) is 12.1 Å². The summed E-state index contributed by atoms with van der Waals surface area (Å²) < 4.78 is 16.9. The zero-order chi connectivity index (χ0) is 19.8. The molecule has 0 N–H and O–H groups in total. The van der Waals surface area contributed by atoms with Crippen molar-refractivity contribution >= 4 is 0 Å². The summed E-state index contributed by atoms with van der Waals surface area (Å²) >= 11 is 0. The van der Waals surface area contributed by atoms with Gasteiger partial charge in [0, 0.05) is 18.6 Å². The Morgan fingerprint density at radius 1 is 0.893 bits per heavy atom. The van der Waals surface area contributed by atoms with Crippen molar-refractivity contribution in [1.82, 2.24) is 4.90 Å². The Bertz CT molecular complexity index is 877. The molecule has 2 atom stereocenters. The van der Waals surface area contributed by atoms with Gasteiger partial charge in [0.15, 0.2) is 11.5 Å². The van der Waals surface area contributed by atoms with E-state index >= 15 is 0 Å². The molecule has 4 rings (SSSR count). The van der Waals surface area contributed by atoms with Crippen LogP contribution in [0.15, 0.2) is 24.3 Å². The Labute approximate surface area is 168 Å². The first-order valence-electron chi connectivity index (χ1n) is 10.3. The van der Waals surface area contributed by atoms with Crippen molar-refractivity contribution in [2.75, 3.05) is 27.9 Å². The Kier molecular flexibility index (Phi) is 5.24. The fourth-order valence-electron chi connectivity index (χ4n) is 5.04. The molecular formula is C24H31NO3. The highest BCUT2D eigenvalue weighted by atomic mass is 16.5. The molecular weight excluding hydrogens is 350 g/mol. The summed E-state index contributed by atoms with van der Waals surface area (Å²) in [4.78, 5) is 2.63. The standard InChI is InChI=1S/C24H31NO3/c1-6-7-17-10-16-8-9-25-15(2)19-13-24(28-5)23(27-4)12-18(19)11-21(25)20(16)14-22(17)26-3/h10,12-15,21H,6-9,11H2,1-5H3. The molecule has 0 saturated carbocycles. The summed E-state index contributed by atoms with van der Waals surface area (Å²) in [6, 6.07) is 9.75. The minimum atomic E-state index is 0.350. The van der Waals surface area contributed by atoms with Crippen LogP contribution in [-0.4, -0.2) is 32.8 Å². The lowest BCUT2D eigenvalue weighted by Gasteiger charge is -2.46. The van der Waals surface area contributed by atoms with Gasteiger partial charge in [0.2, 0.25) is 0 Å². The van der Waals surface area contributed by atoms with E-state index in [9.17, 15) is 0 Å². The van der Waals surface area contributed by atoms with Gasteiger partial charge in [-0.25, -0.2) is 0 Å². The minimum Gasteiger partial charge on any atom is -0.496 e. The van der Waals surface area contributed by atoms with Crippen molar-refractivity contribution in [2.45, 2.75) is 51.6 Å². The molecule has 0 fully saturated rings. The molecule has 0 saturated heterocycles. The van der Waals surface area contributed by atoms with Gasteiger partial charge >= 0.3 is 0 Å². The first kappa shape index (κ1) is 19.1. The SMILES string of the molecule is CCCc1cc2c(cc1OC)C1Cc3cc(OC)c(OC)cc3C(C)N1CC2. The molecule has 0 aliphatic carbocycles. The van der Waals surface area contributed by atoms with Crippen LogP contribution in [0, 0.1) is 0 Å². The second-order valence-electron chi connectivity index (χ2n) is 7.90. The number of ether oxygens (including phenoxy) is 3. The van der Waals surface area contributed by atoms with Gasteiger partial charge in [0.1, 0.15) is 5.75 Å². The van der Waals surface area contributed by atoms with Crippen LogP contribution in [0.25, 0.3) is 0 Å². The molecule has 2 heterocycles. The maximum atomic E-state index is 5.75. The normalized spacial score (nSPS) is 20.8. The number of benzene rings is 2. The average molecular weight is 382 g/mol. The van der Waals surface area contributed by atoms with Crippen LogP contribution in [0.1, 0.15) is 60.2 Å². The Morgan fingerprint density at radius 3 is 2.25 bits per heavy atom. The number of methoxy groups -OCH3 is 3. The van der Waals surface area contributed by atoms with Crippen molar-refractivity contribution in [1.29, 1.82) is 0 Å². The number of nitrogens with zero attached hydrogens (tertiary/aromatic N) is 1. The van der Waals surface area contributed by atoms with Gasteiger partial charge in [-0.05, 0) is 72.2 Å². The van der Waals surface area contributed by atoms with Crippen molar-refractivity contribution in [3.8, 4) is 17.2 Å². The van der Waals surface area contributed by atoms with Crippen LogP contribution in [0.4, 0.5) is 0 Å². The predicted molar refractivity (Wildman–Crippen MR) is 112 cm³/mol. The summed E-state index contributed by atoms with van der Waals surface area (Å²) in [5, 5.41) is 0. The van der Waals surface area contributed by atoms with Crippen LogP contribution >= 0.6 is 0 Å². The van der Waals surface area contributed by atoms with Gasteiger partial charge < -0.3 is 14.2 Å². The van der Waals surface area contributed by atoms with Crippen LogP contribution in [0.2, 0.25) is 0 Å². The number of fused-ring (bicyclic) bond motifs is 4. The molecule has 0 radical (unpaired) electrons. The largest absolute Gasteiger partial charge is 0.496 e. The maximum absolute atomic E-state index is 5.75. The molecule has 0 bridgehead atoms. The third kappa shape index (κ3) is 3.04. The lowest BCUT2D eigenvalue weighted by Crippen LogP contribution is -2.41. The fourth-order valence-corrected chi connectivity index (χ4v) is 5.04. The molecule has 0 aromatic heterocycles. The van der Waals surface area contributed by atoms with Crippen molar-refractivity contribution in [2.24, 2.45) is 0 Å². The molecule has 150 valence electrons. The lowest BCUT2D eigenvalue weighted by molar-refractivity contribution is 0.117. The quantitative estimate of drug-likeness (QED) is 0.738. The molecule has 2 aromatic rings. The molecule has 2 aliphatic rings. The van der Waals surface area contributed by atoms with Crippen LogP contribution in [0.5, 0.6) is 17.2 Å². The maximum Gasteiger partial charge on any atom is 0.161 e. The fraction of sp³-hybridized carbons (Fsp3) is 0.500. The van der Waals surface area contributed by atoms with Gasteiger partial charge in [0.25, 0.3) is 0 Å². The van der Waals surface area contributed by atoms with E-state index in [1.54, 1.807) is 21.3 Å². The summed E-state index contributed by atoms with van der Waals surface area (Å²) in [7, 11) is 5.20. The van der Waals surface area contributed by atoms with Crippen LogP contribution in [-0.2, 0) is 19.3 Å². The third-order valence-electron chi connectivity index (χ3n) is 6.47. The van der Waals surface area contributed by atoms with E-state index in [4.69, 9.17) is 14.2 Å². The molecule has 2 aromatic carbocycles. The molecule has 4 nitrogen and oxygen atoms in total. The van der Waals surface area contributed by atoms with Gasteiger partial charge in [-0.1, -0.05) is 19.4 Å². The molecule has 2 unspecified atom stereocenters. The molecule has 0 amide bonds. The van der Waals surface area contributed by atoms with E-state index in [1.807, 2.05) is 0 Å². The zero-order valence-corrected chi connectivity index (χ0v) is 17.7. The summed E-state index contributed by atoms with van der Waals surface area (Å²) in [6.07, 6.45) is 4.29. The minimum absolute atomic E-state index is 0.350. The Morgan fingerprint density at radius 2 is 1.57 bits per heavy atom. The number of aryl methyl sites for hydroxylation is 1. The van der Waals surface area contributed by atoms with E-state index in [1.165, 1.54) is 27.8 Å². The molecule has 0 spiro atoms. The summed E-state index contributed by atoms with van der Waals surface area (Å²) in [5.41, 5.74) is 6.97. The smallest absolute Gasteiger partial charge is 0.161 e. The van der Waals surface area contributed by atoms with Crippen molar-refractivity contribution < 1.29 is 14.2 Å². The van der Waals surface area contributed by atoms with E-state index in [2.05, 4.69) is 43.0 Å². The van der Waals surface area contributed by atoms with Gasteiger partial charge in [-0.2, -0.15) is 0 Å². The first-order chi connectivity index (χ1) is 13.6. The highest BCUT2D eigenvalue weighted by molar-refractivity contribution is 5.52. The van der Waals surface area contributed by atoms with E-state index in [-0.39, 0.29) is 0 Å². The molecule has 4 heteroatoms. The number of hydrogen-bond acceptors (Lipinski definition) is 4. The highest BCUT2D eigenvalue weighted by Gasteiger charge is 2.37.